The predicted octanol–water partition coefficient (Wildman–Crippen LogP) is 22.5. The largest absolute Gasteiger partial charge is 0.472 e. The van der Waals surface area contributed by atoms with Crippen molar-refractivity contribution in [3.05, 3.63) is 0 Å². The van der Waals surface area contributed by atoms with Crippen LogP contribution in [0.3, 0.4) is 0 Å². The van der Waals surface area contributed by atoms with Crippen LogP contribution in [0.15, 0.2) is 0 Å². The fraction of sp³-hybridized carbons (Fsp3) is 0.947. The fourth-order valence-electron chi connectivity index (χ4n) is 11.7. The number of hydrogen-bond donors (Lipinski definition) is 3. The first-order chi connectivity index (χ1) is 46.0. The maximum Gasteiger partial charge on any atom is 0.472 e. The van der Waals surface area contributed by atoms with Crippen molar-refractivity contribution in [3.8, 4) is 0 Å². The molecule has 0 aromatic carbocycles. The second-order valence-corrected chi connectivity index (χ2v) is 30.8. The Morgan fingerprint density at radius 3 is 0.716 bits per heavy atom. The molecule has 0 aliphatic carbocycles. The van der Waals surface area contributed by atoms with E-state index in [-0.39, 0.29) is 25.7 Å². The smallest absolute Gasteiger partial charge is 0.462 e. The molecule has 0 saturated carbocycles. The number of unbranched alkanes of at least 4 members (excludes halogenated alkanes) is 48. The molecule has 0 heterocycles. The highest BCUT2D eigenvalue weighted by Gasteiger charge is 2.30. The standard InChI is InChI=1S/C76H148O17P2/c1-6-9-12-15-18-21-23-25-27-28-29-30-31-32-33-35-37-39-42-45-51-56-61-75(80)92-71(65-87-74(79)60-55-50-44-41-38-36-34-26-24-22-19-16-13-10-7-2)67-90-94(82,83)88-63-70(77)64-89-95(84,85)91-68-72(93-76(81)62-57-52-47-46-48-53-58-69(4)5)66-86-73(78)59-54-49-43-40-20-17-14-11-8-3/h69-72,77H,6-68H2,1-5H3,(H,82,83)(H,84,85)/t70-,71-,72-/m1/s1. The van der Waals surface area contributed by atoms with Crippen molar-refractivity contribution >= 4 is 39.5 Å². The Labute approximate surface area is 581 Å². The van der Waals surface area contributed by atoms with Crippen LogP contribution in [0.2, 0.25) is 0 Å². The van der Waals surface area contributed by atoms with E-state index in [9.17, 15) is 43.2 Å². The Morgan fingerprint density at radius 2 is 0.484 bits per heavy atom. The van der Waals surface area contributed by atoms with Crippen LogP contribution in [0.25, 0.3) is 0 Å². The normalized spacial score (nSPS) is 13.9. The van der Waals surface area contributed by atoms with Crippen LogP contribution >= 0.6 is 15.6 Å². The summed E-state index contributed by atoms with van der Waals surface area (Å²) in [4.78, 5) is 72.6. The van der Waals surface area contributed by atoms with E-state index < -0.39 is 97.5 Å². The minimum Gasteiger partial charge on any atom is -0.462 e. The van der Waals surface area contributed by atoms with E-state index in [0.29, 0.717) is 31.6 Å². The highest BCUT2D eigenvalue weighted by molar-refractivity contribution is 7.47. The van der Waals surface area contributed by atoms with E-state index in [1.165, 1.54) is 225 Å². The van der Waals surface area contributed by atoms with E-state index in [0.717, 1.165) is 89.9 Å². The average Bonchev–Trinajstić information content (AvgIpc) is 1.45. The summed E-state index contributed by atoms with van der Waals surface area (Å²) >= 11 is 0. The molecule has 0 rings (SSSR count). The molecular weight excluding hydrogens is 1250 g/mol. The van der Waals surface area contributed by atoms with Crippen molar-refractivity contribution in [2.24, 2.45) is 5.92 Å². The van der Waals surface area contributed by atoms with Crippen molar-refractivity contribution in [2.45, 2.75) is 419 Å². The number of hydrogen-bond acceptors (Lipinski definition) is 15. The second-order valence-electron chi connectivity index (χ2n) is 27.9. The van der Waals surface area contributed by atoms with Gasteiger partial charge >= 0.3 is 39.5 Å². The number of rotatable bonds is 76. The molecule has 0 saturated heterocycles. The van der Waals surface area contributed by atoms with E-state index in [1.807, 2.05) is 0 Å². The summed E-state index contributed by atoms with van der Waals surface area (Å²) in [5.74, 6) is -1.45. The minimum atomic E-state index is -4.96. The first-order valence-corrected chi connectivity index (χ1v) is 42.6. The van der Waals surface area contributed by atoms with Gasteiger partial charge in [0, 0.05) is 25.7 Å². The highest BCUT2D eigenvalue weighted by atomic mass is 31.2. The van der Waals surface area contributed by atoms with Crippen LogP contribution < -0.4 is 0 Å². The predicted molar refractivity (Wildman–Crippen MR) is 386 cm³/mol. The van der Waals surface area contributed by atoms with Gasteiger partial charge in [0.15, 0.2) is 12.2 Å². The van der Waals surface area contributed by atoms with Crippen molar-refractivity contribution in [2.75, 3.05) is 39.6 Å². The summed E-state index contributed by atoms with van der Waals surface area (Å²) in [6.07, 6.45) is 58.7. The molecule has 564 valence electrons. The summed E-state index contributed by atoms with van der Waals surface area (Å²) in [5, 5.41) is 10.6. The molecule has 19 heteroatoms. The molecule has 0 amide bonds. The molecule has 0 bridgehead atoms. The van der Waals surface area contributed by atoms with Gasteiger partial charge in [-0.2, -0.15) is 0 Å². The molecule has 3 N–H and O–H groups in total. The molecule has 0 aliphatic rings. The lowest BCUT2D eigenvalue weighted by molar-refractivity contribution is -0.161. The summed E-state index contributed by atoms with van der Waals surface area (Å²) < 4.78 is 68.4. The van der Waals surface area contributed by atoms with Crippen LogP contribution in [-0.4, -0.2) is 96.7 Å². The Hall–Kier alpha value is -1.94. The Bertz CT molecular complexity index is 1820. The SMILES string of the molecule is CCCCCCCCCCCCCCCCCCCCCCCCC(=O)O[C@H](COC(=O)CCCCCCCCCCCCCCCCC)COP(=O)(O)OC[C@@H](O)COP(=O)(O)OC[C@@H](COC(=O)CCCCCCCCCCC)OC(=O)CCCCCCCCC(C)C. The molecule has 0 aromatic heterocycles. The lowest BCUT2D eigenvalue weighted by Gasteiger charge is -2.21. The van der Waals surface area contributed by atoms with Gasteiger partial charge < -0.3 is 33.8 Å². The molecular formula is C76H148O17P2. The lowest BCUT2D eigenvalue weighted by atomic mass is 10.0. The zero-order valence-corrected chi connectivity index (χ0v) is 63.6. The van der Waals surface area contributed by atoms with Crippen molar-refractivity contribution in [3.63, 3.8) is 0 Å². The molecule has 0 aliphatic heterocycles. The third-order valence-electron chi connectivity index (χ3n) is 17.8. The zero-order valence-electron chi connectivity index (χ0n) is 61.8. The first-order valence-electron chi connectivity index (χ1n) is 39.6. The van der Waals surface area contributed by atoms with Crippen LogP contribution in [-0.2, 0) is 65.4 Å². The monoisotopic (exact) mass is 1400 g/mol. The molecule has 0 fully saturated rings. The number of ether oxygens (including phenoxy) is 4. The van der Waals surface area contributed by atoms with Gasteiger partial charge in [-0.3, -0.25) is 37.3 Å². The molecule has 0 aromatic rings. The third-order valence-corrected chi connectivity index (χ3v) is 19.7. The van der Waals surface area contributed by atoms with Crippen molar-refractivity contribution in [1.29, 1.82) is 0 Å². The average molecular weight is 1400 g/mol. The molecule has 2 unspecified atom stereocenters. The Kier molecular flexibility index (Phi) is 67.7. The van der Waals surface area contributed by atoms with Crippen LogP contribution in [0.1, 0.15) is 401 Å². The van der Waals surface area contributed by atoms with E-state index in [1.54, 1.807) is 0 Å². The Morgan fingerprint density at radius 1 is 0.284 bits per heavy atom. The van der Waals surface area contributed by atoms with Gasteiger partial charge in [0.05, 0.1) is 26.4 Å². The maximum absolute atomic E-state index is 13.1. The quantitative estimate of drug-likeness (QED) is 0.0222. The number of esters is 4. The van der Waals surface area contributed by atoms with E-state index >= 15 is 0 Å². The molecule has 17 nitrogen and oxygen atoms in total. The van der Waals surface area contributed by atoms with Gasteiger partial charge in [0.25, 0.3) is 0 Å². The summed E-state index contributed by atoms with van der Waals surface area (Å²) in [5.41, 5.74) is 0. The minimum absolute atomic E-state index is 0.103. The van der Waals surface area contributed by atoms with Crippen molar-refractivity contribution in [1.82, 2.24) is 0 Å². The Balaban J connectivity index is 5.15. The van der Waals surface area contributed by atoms with Crippen LogP contribution in [0.5, 0.6) is 0 Å². The van der Waals surface area contributed by atoms with Gasteiger partial charge in [-0.15, -0.1) is 0 Å². The topological polar surface area (TPSA) is 237 Å². The first kappa shape index (κ1) is 93.1. The van der Waals surface area contributed by atoms with Gasteiger partial charge in [0.1, 0.15) is 19.3 Å². The lowest BCUT2D eigenvalue weighted by Crippen LogP contribution is -2.30. The number of aliphatic hydroxyl groups is 1. The number of aliphatic hydroxyl groups excluding tert-OH is 1. The molecule has 95 heavy (non-hydrogen) atoms. The van der Waals surface area contributed by atoms with Gasteiger partial charge in [0.2, 0.25) is 0 Å². The molecule has 0 spiro atoms. The van der Waals surface area contributed by atoms with E-state index in [4.69, 9.17) is 37.0 Å². The summed E-state index contributed by atoms with van der Waals surface area (Å²) in [6.45, 7) is 7.18. The summed E-state index contributed by atoms with van der Waals surface area (Å²) in [6, 6.07) is 0. The second kappa shape index (κ2) is 69.2. The number of phosphoric ester groups is 2. The van der Waals surface area contributed by atoms with E-state index in [2.05, 4.69) is 34.6 Å². The van der Waals surface area contributed by atoms with Crippen molar-refractivity contribution < 1.29 is 80.2 Å². The fourth-order valence-corrected chi connectivity index (χ4v) is 13.3. The summed E-state index contributed by atoms with van der Waals surface area (Å²) in [7, 11) is -9.90. The number of carbonyl (C=O) groups excluding carboxylic acids is 4. The third kappa shape index (κ3) is 70.3. The molecule has 0 radical (unpaired) electrons. The van der Waals surface area contributed by atoms with Crippen LogP contribution in [0.4, 0.5) is 0 Å². The maximum atomic E-state index is 13.1. The zero-order chi connectivity index (χ0) is 69.8. The molecule has 5 atom stereocenters. The van der Waals surface area contributed by atoms with Gasteiger partial charge in [-0.25, -0.2) is 9.13 Å². The van der Waals surface area contributed by atoms with Gasteiger partial charge in [-0.1, -0.05) is 349 Å². The van der Waals surface area contributed by atoms with Crippen LogP contribution in [0, 0.1) is 5.92 Å². The van der Waals surface area contributed by atoms with Gasteiger partial charge in [-0.05, 0) is 31.6 Å². The highest BCUT2D eigenvalue weighted by Crippen LogP contribution is 2.45. The number of phosphoric acid groups is 2. The number of carbonyl (C=O) groups is 4.